The van der Waals surface area contributed by atoms with Crippen molar-refractivity contribution in [1.82, 2.24) is 4.31 Å². The first-order chi connectivity index (χ1) is 14.8. The van der Waals surface area contributed by atoms with Crippen molar-refractivity contribution < 1.29 is 13.2 Å². The van der Waals surface area contributed by atoms with Crippen molar-refractivity contribution in [1.29, 1.82) is 0 Å². The van der Waals surface area contributed by atoms with Gasteiger partial charge in [0, 0.05) is 22.3 Å². The summed E-state index contributed by atoms with van der Waals surface area (Å²) in [5.74, 6) is -0.441. The molecule has 3 aromatic rings. The number of aryl methyl sites for hydroxylation is 1. The van der Waals surface area contributed by atoms with E-state index >= 15 is 0 Å². The molecule has 0 aromatic heterocycles. The van der Waals surface area contributed by atoms with Gasteiger partial charge in [-0.15, -0.1) is 0 Å². The topological polar surface area (TPSA) is 66.5 Å². The van der Waals surface area contributed by atoms with Crippen LogP contribution in [0, 0.1) is 0 Å². The van der Waals surface area contributed by atoms with E-state index in [0.717, 1.165) is 16.3 Å². The summed E-state index contributed by atoms with van der Waals surface area (Å²) in [5.41, 5.74) is 2.42. The van der Waals surface area contributed by atoms with Crippen LogP contribution in [0.2, 0.25) is 10.0 Å². The van der Waals surface area contributed by atoms with Crippen LogP contribution in [0.5, 0.6) is 0 Å². The Morgan fingerprint density at radius 3 is 2.19 bits per heavy atom. The van der Waals surface area contributed by atoms with Gasteiger partial charge in [0.05, 0.1) is 11.4 Å². The molecule has 0 unspecified atom stereocenters. The molecule has 1 N–H and O–H groups in total. The summed E-state index contributed by atoms with van der Waals surface area (Å²) in [6, 6.07) is 20.2. The molecular formula is C23H22Cl2N2O3S. The van der Waals surface area contributed by atoms with Crippen molar-refractivity contribution in [2.24, 2.45) is 0 Å². The van der Waals surface area contributed by atoms with Gasteiger partial charge in [0.15, 0.2) is 0 Å². The van der Waals surface area contributed by atoms with Gasteiger partial charge in [-0.25, -0.2) is 8.42 Å². The Balaban J connectivity index is 1.85. The number of carbonyl (C=O) groups excluding carboxylic acids is 1. The fraction of sp³-hybridized carbons (Fsp3) is 0.174. The molecule has 0 aliphatic rings. The molecule has 0 spiro atoms. The molecule has 162 valence electrons. The zero-order chi connectivity index (χ0) is 22.4. The molecule has 0 aliphatic carbocycles. The number of carbonyl (C=O) groups is 1. The van der Waals surface area contributed by atoms with Crippen LogP contribution in [0.25, 0.3) is 0 Å². The van der Waals surface area contributed by atoms with Crippen LogP contribution in [-0.4, -0.2) is 25.2 Å². The lowest BCUT2D eigenvalue weighted by Gasteiger charge is -2.22. The Bertz CT molecular complexity index is 1150. The predicted molar refractivity (Wildman–Crippen MR) is 125 cm³/mol. The Hall–Kier alpha value is -2.38. The summed E-state index contributed by atoms with van der Waals surface area (Å²) in [6.45, 7) is 1.68. The number of sulfonamides is 1. The molecule has 0 aliphatic heterocycles. The zero-order valence-corrected chi connectivity index (χ0v) is 19.2. The van der Waals surface area contributed by atoms with Crippen LogP contribution < -0.4 is 5.32 Å². The maximum atomic E-state index is 13.3. The van der Waals surface area contributed by atoms with Crippen molar-refractivity contribution in [3.05, 3.63) is 94.0 Å². The lowest BCUT2D eigenvalue weighted by molar-refractivity contribution is -0.116. The fourth-order valence-corrected chi connectivity index (χ4v) is 4.73. The van der Waals surface area contributed by atoms with E-state index in [0.29, 0.717) is 21.3 Å². The predicted octanol–water partition coefficient (Wildman–Crippen LogP) is 5.39. The number of benzene rings is 3. The standard InChI is InChI=1S/C23H22Cl2N2O3S/c1-2-17-6-10-21(11-7-17)26-23(28)16-27(15-18-4-3-5-20(25)14-18)31(29,30)22-12-8-19(24)9-13-22/h3-14H,2,15-16H2,1H3,(H,26,28). The largest absolute Gasteiger partial charge is 0.325 e. The van der Waals surface area contributed by atoms with Gasteiger partial charge in [0.25, 0.3) is 0 Å². The lowest BCUT2D eigenvalue weighted by atomic mass is 10.1. The summed E-state index contributed by atoms with van der Waals surface area (Å²) >= 11 is 12.0. The Kier molecular flexibility index (Phi) is 7.73. The first-order valence-corrected chi connectivity index (χ1v) is 11.9. The second kappa shape index (κ2) is 10.3. The number of hydrogen-bond donors (Lipinski definition) is 1. The van der Waals surface area contributed by atoms with Gasteiger partial charge in [0.1, 0.15) is 0 Å². The van der Waals surface area contributed by atoms with Gasteiger partial charge >= 0.3 is 0 Å². The van der Waals surface area contributed by atoms with Gasteiger partial charge in [0.2, 0.25) is 15.9 Å². The van der Waals surface area contributed by atoms with E-state index < -0.39 is 15.9 Å². The van der Waals surface area contributed by atoms with Crippen LogP contribution in [0.15, 0.2) is 77.7 Å². The van der Waals surface area contributed by atoms with Crippen LogP contribution in [-0.2, 0) is 27.8 Å². The summed E-state index contributed by atoms with van der Waals surface area (Å²) in [6.07, 6.45) is 0.890. The summed E-state index contributed by atoms with van der Waals surface area (Å²) in [4.78, 5) is 12.8. The second-order valence-corrected chi connectivity index (χ2v) is 9.77. The third kappa shape index (κ3) is 6.31. The normalized spacial score (nSPS) is 11.5. The zero-order valence-electron chi connectivity index (χ0n) is 16.9. The van der Waals surface area contributed by atoms with Gasteiger partial charge < -0.3 is 5.32 Å². The van der Waals surface area contributed by atoms with Crippen LogP contribution >= 0.6 is 23.2 Å². The number of amides is 1. The van der Waals surface area contributed by atoms with Crippen molar-refractivity contribution in [2.75, 3.05) is 11.9 Å². The van der Waals surface area contributed by atoms with Gasteiger partial charge in [-0.2, -0.15) is 4.31 Å². The third-order valence-corrected chi connectivity index (χ3v) is 6.96. The molecule has 0 saturated heterocycles. The Labute approximate surface area is 192 Å². The molecule has 0 radical (unpaired) electrons. The van der Waals surface area contributed by atoms with Crippen LogP contribution in [0.4, 0.5) is 5.69 Å². The van der Waals surface area contributed by atoms with Crippen molar-refractivity contribution >= 4 is 44.8 Å². The van der Waals surface area contributed by atoms with E-state index in [1.165, 1.54) is 24.3 Å². The van der Waals surface area contributed by atoms with Gasteiger partial charge in [-0.05, 0) is 66.1 Å². The lowest BCUT2D eigenvalue weighted by Crippen LogP contribution is -2.37. The summed E-state index contributed by atoms with van der Waals surface area (Å²) < 4.78 is 27.7. The fourth-order valence-electron chi connectivity index (χ4n) is 3.00. The molecule has 3 aromatic carbocycles. The summed E-state index contributed by atoms with van der Waals surface area (Å²) in [7, 11) is -3.96. The summed E-state index contributed by atoms with van der Waals surface area (Å²) in [5, 5.41) is 3.67. The minimum Gasteiger partial charge on any atom is -0.325 e. The van der Waals surface area contributed by atoms with E-state index in [2.05, 4.69) is 5.32 Å². The molecule has 5 nitrogen and oxygen atoms in total. The van der Waals surface area contributed by atoms with E-state index in [1.807, 2.05) is 19.1 Å². The smallest absolute Gasteiger partial charge is 0.243 e. The van der Waals surface area contributed by atoms with Crippen LogP contribution in [0.1, 0.15) is 18.1 Å². The van der Waals surface area contributed by atoms with Crippen molar-refractivity contribution in [3.8, 4) is 0 Å². The maximum Gasteiger partial charge on any atom is 0.243 e. The first kappa shape index (κ1) is 23.3. The number of nitrogens with zero attached hydrogens (tertiary/aromatic N) is 1. The van der Waals surface area contributed by atoms with Gasteiger partial charge in [-0.1, -0.05) is 54.4 Å². The minimum absolute atomic E-state index is 0.00624. The van der Waals surface area contributed by atoms with Crippen molar-refractivity contribution in [2.45, 2.75) is 24.8 Å². The molecular weight excluding hydrogens is 455 g/mol. The molecule has 0 heterocycles. The quantitative estimate of drug-likeness (QED) is 0.474. The molecule has 31 heavy (non-hydrogen) atoms. The number of nitrogens with one attached hydrogen (secondary N) is 1. The van der Waals surface area contributed by atoms with E-state index in [-0.39, 0.29) is 18.0 Å². The molecule has 0 bridgehead atoms. The first-order valence-electron chi connectivity index (χ1n) is 9.67. The monoisotopic (exact) mass is 476 g/mol. The highest BCUT2D eigenvalue weighted by Crippen LogP contribution is 2.22. The average molecular weight is 477 g/mol. The van der Waals surface area contributed by atoms with Crippen LogP contribution in [0.3, 0.4) is 0 Å². The molecule has 0 atom stereocenters. The minimum atomic E-state index is -3.96. The highest BCUT2D eigenvalue weighted by atomic mass is 35.5. The van der Waals surface area contributed by atoms with E-state index in [9.17, 15) is 13.2 Å². The number of halogens is 2. The third-order valence-electron chi connectivity index (χ3n) is 4.67. The van der Waals surface area contributed by atoms with Gasteiger partial charge in [-0.3, -0.25) is 4.79 Å². The van der Waals surface area contributed by atoms with E-state index in [4.69, 9.17) is 23.2 Å². The Morgan fingerprint density at radius 1 is 0.903 bits per heavy atom. The average Bonchev–Trinajstić information content (AvgIpc) is 2.74. The Morgan fingerprint density at radius 2 is 1.58 bits per heavy atom. The highest BCUT2D eigenvalue weighted by Gasteiger charge is 2.27. The molecule has 1 amide bonds. The molecule has 8 heteroatoms. The number of anilines is 1. The molecule has 0 fully saturated rings. The molecule has 0 saturated carbocycles. The maximum absolute atomic E-state index is 13.3. The highest BCUT2D eigenvalue weighted by molar-refractivity contribution is 7.89. The van der Waals surface area contributed by atoms with Crippen molar-refractivity contribution in [3.63, 3.8) is 0 Å². The number of rotatable bonds is 8. The number of hydrogen-bond acceptors (Lipinski definition) is 3. The molecule has 3 rings (SSSR count). The second-order valence-electron chi connectivity index (χ2n) is 6.96. The SMILES string of the molecule is CCc1ccc(NC(=O)CN(Cc2cccc(Cl)c2)S(=O)(=O)c2ccc(Cl)cc2)cc1. The van der Waals surface area contributed by atoms with E-state index in [1.54, 1.807) is 36.4 Å².